The van der Waals surface area contributed by atoms with Crippen molar-refractivity contribution < 1.29 is 9.53 Å². The van der Waals surface area contributed by atoms with Crippen LogP contribution in [0.4, 0.5) is 5.69 Å². The largest absolute Gasteiger partial charge is 0.496 e. The summed E-state index contributed by atoms with van der Waals surface area (Å²) in [4.78, 5) is 12.3. The maximum Gasteiger partial charge on any atom is 0.257 e. The molecule has 2 rings (SSSR count). The second-order valence-corrected chi connectivity index (χ2v) is 6.65. The monoisotopic (exact) mass is 440 g/mol. The van der Waals surface area contributed by atoms with Gasteiger partial charge >= 0.3 is 0 Å². The van der Waals surface area contributed by atoms with E-state index in [4.69, 9.17) is 17.0 Å². The Labute approximate surface area is 154 Å². The Morgan fingerprint density at radius 3 is 2.57 bits per heavy atom. The summed E-state index contributed by atoms with van der Waals surface area (Å²) in [6.45, 7) is 3.99. The molecule has 0 saturated carbocycles. The highest BCUT2D eigenvalue weighted by atomic mass is 127. The number of carbonyl (C=O) groups excluding carboxylic acids is 1. The Balaban J connectivity index is 2.06. The number of nitrogens with one attached hydrogen (secondary N) is 2. The number of aryl methyl sites for hydroxylation is 2. The van der Waals surface area contributed by atoms with Gasteiger partial charge in [-0.3, -0.25) is 10.1 Å². The molecule has 0 spiro atoms. The lowest BCUT2D eigenvalue weighted by atomic mass is 10.1. The van der Waals surface area contributed by atoms with E-state index >= 15 is 0 Å². The van der Waals surface area contributed by atoms with Crippen molar-refractivity contribution in [3.8, 4) is 5.75 Å². The minimum Gasteiger partial charge on any atom is -0.496 e. The fourth-order valence-corrected chi connectivity index (χ4v) is 2.95. The molecule has 0 heterocycles. The molecule has 0 atom stereocenters. The fraction of sp³-hybridized carbons (Fsp3) is 0.176. The number of rotatable bonds is 3. The van der Waals surface area contributed by atoms with Crippen LogP contribution < -0.4 is 15.4 Å². The van der Waals surface area contributed by atoms with E-state index in [0.717, 1.165) is 26.1 Å². The number of halogens is 1. The highest BCUT2D eigenvalue weighted by Crippen LogP contribution is 2.21. The average molecular weight is 440 g/mol. The van der Waals surface area contributed by atoms with Crippen molar-refractivity contribution in [3.05, 3.63) is 56.7 Å². The lowest BCUT2D eigenvalue weighted by molar-refractivity contribution is 0.0977. The minimum absolute atomic E-state index is 0.256. The lowest BCUT2D eigenvalue weighted by Gasteiger charge is -2.13. The number of hydrogen-bond donors (Lipinski definition) is 2. The van der Waals surface area contributed by atoms with Crippen LogP contribution in [0.15, 0.2) is 36.4 Å². The molecule has 0 aliphatic carbocycles. The van der Waals surface area contributed by atoms with Crippen LogP contribution in [0.25, 0.3) is 0 Å². The topological polar surface area (TPSA) is 50.4 Å². The summed E-state index contributed by atoms with van der Waals surface area (Å²) in [5, 5.41) is 6.03. The lowest BCUT2D eigenvalue weighted by Crippen LogP contribution is -2.34. The van der Waals surface area contributed by atoms with E-state index < -0.39 is 0 Å². The molecule has 2 N–H and O–H groups in total. The van der Waals surface area contributed by atoms with E-state index in [1.165, 1.54) is 0 Å². The van der Waals surface area contributed by atoms with Gasteiger partial charge in [-0.15, -0.1) is 0 Å². The standard InChI is InChI=1S/C17H17IN2O2S/c1-10-4-5-11(2)14(8-10)19-17(23)20-16(21)12-6-7-15(22-3)13(18)9-12/h4-9H,1-3H3,(H2,19,20,21,23). The molecule has 0 saturated heterocycles. The zero-order valence-electron chi connectivity index (χ0n) is 13.1. The van der Waals surface area contributed by atoms with Crippen molar-refractivity contribution in [1.82, 2.24) is 5.32 Å². The number of benzene rings is 2. The smallest absolute Gasteiger partial charge is 0.257 e. The first kappa shape index (κ1) is 17.7. The van der Waals surface area contributed by atoms with Crippen LogP contribution in [0.3, 0.4) is 0 Å². The quantitative estimate of drug-likeness (QED) is 0.559. The summed E-state index contributed by atoms with van der Waals surface area (Å²) >= 11 is 7.35. The molecular formula is C17H17IN2O2S. The van der Waals surface area contributed by atoms with Gasteiger partial charge in [-0.05, 0) is 84.0 Å². The number of thiocarbonyl (C=S) groups is 1. The van der Waals surface area contributed by atoms with Crippen LogP contribution >= 0.6 is 34.8 Å². The third-order valence-electron chi connectivity index (χ3n) is 3.28. The summed E-state index contributed by atoms with van der Waals surface area (Å²) in [6, 6.07) is 11.3. The van der Waals surface area contributed by atoms with Gasteiger partial charge in [-0.25, -0.2) is 0 Å². The van der Waals surface area contributed by atoms with Gasteiger partial charge in [0.15, 0.2) is 5.11 Å². The molecule has 4 nitrogen and oxygen atoms in total. The van der Waals surface area contributed by atoms with Gasteiger partial charge in [0.1, 0.15) is 5.75 Å². The maximum atomic E-state index is 12.3. The van der Waals surface area contributed by atoms with E-state index in [2.05, 4.69) is 33.2 Å². The third-order valence-corrected chi connectivity index (χ3v) is 4.33. The van der Waals surface area contributed by atoms with Crippen LogP contribution in [0.1, 0.15) is 21.5 Å². The number of hydrogen-bond acceptors (Lipinski definition) is 3. The average Bonchev–Trinajstić information content (AvgIpc) is 2.50. The van der Waals surface area contributed by atoms with E-state index in [9.17, 15) is 4.79 Å². The molecule has 0 radical (unpaired) electrons. The number of methoxy groups -OCH3 is 1. The first-order valence-corrected chi connectivity index (χ1v) is 8.42. The Hall–Kier alpha value is -1.67. The molecule has 2 aromatic rings. The highest BCUT2D eigenvalue weighted by Gasteiger charge is 2.11. The molecule has 0 bridgehead atoms. The van der Waals surface area contributed by atoms with Crippen LogP contribution in [-0.4, -0.2) is 18.1 Å². The molecule has 23 heavy (non-hydrogen) atoms. The minimum atomic E-state index is -0.256. The normalized spacial score (nSPS) is 10.1. The van der Waals surface area contributed by atoms with Crippen LogP contribution in [0, 0.1) is 17.4 Å². The van der Waals surface area contributed by atoms with E-state index in [-0.39, 0.29) is 11.0 Å². The van der Waals surface area contributed by atoms with Crippen LogP contribution in [0.2, 0.25) is 0 Å². The summed E-state index contributed by atoms with van der Waals surface area (Å²) in [5.41, 5.74) is 3.60. The predicted octanol–water partition coefficient (Wildman–Crippen LogP) is 4.04. The Kier molecular flexibility index (Phi) is 5.95. The van der Waals surface area contributed by atoms with Crippen molar-refractivity contribution in [1.29, 1.82) is 0 Å². The van der Waals surface area contributed by atoms with Gasteiger partial charge in [0.25, 0.3) is 5.91 Å². The van der Waals surface area contributed by atoms with E-state index in [0.29, 0.717) is 5.56 Å². The number of carbonyl (C=O) groups is 1. The first-order valence-electron chi connectivity index (χ1n) is 6.94. The summed E-state index contributed by atoms with van der Waals surface area (Å²) in [6.07, 6.45) is 0. The van der Waals surface area contributed by atoms with E-state index in [1.54, 1.807) is 25.3 Å². The second-order valence-electron chi connectivity index (χ2n) is 5.08. The highest BCUT2D eigenvalue weighted by molar-refractivity contribution is 14.1. The van der Waals surface area contributed by atoms with Gasteiger partial charge in [0, 0.05) is 11.3 Å². The maximum absolute atomic E-state index is 12.3. The summed E-state index contributed by atoms with van der Waals surface area (Å²) in [5.74, 6) is 0.478. The predicted molar refractivity (Wildman–Crippen MR) is 105 cm³/mol. The Bertz CT molecular complexity index is 762. The number of anilines is 1. The van der Waals surface area contributed by atoms with Crippen molar-refractivity contribution in [2.45, 2.75) is 13.8 Å². The van der Waals surface area contributed by atoms with Crippen molar-refractivity contribution in [3.63, 3.8) is 0 Å². The van der Waals surface area contributed by atoms with E-state index in [1.807, 2.05) is 32.0 Å². The Morgan fingerprint density at radius 2 is 1.91 bits per heavy atom. The molecular weight excluding hydrogens is 423 g/mol. The third kappa shape index (κ3) is 4.65. The van der Waals surface area contributed by atoms with Crippen LogP contribution in [0.5, 0.6) is 5.75 Å². The second kappa shape index (κ2) is 7.74. The molecule has 0 aliphatic rings. The molecule has 2 aromatic carbocycles. The van der Waals surface area contributed by atoms with Crippen molar-refractivity contribution in [2.75, 3.05) is 12.4 Å². The van der Waals surface area contributed by atoms with Crippen molar-refractivity contribution >= 4 is 51.5 Å². The van der Waals surface area contributed by atoms with Gasteiger partial charge in [-0.1, -0.05) is 12.1 Å². The van der Waals surface area contributed by atoms with Gasteiger partial charge in [-0.2, -0.15) is 0 Å². The Morgan fingerprint density at radius 1 is 1.17 bits per heavy atom. The molecule has 0 aromatic heterocycles. The fourth-order valence-electron chi connectivity index (χ4n) is 2.01. The summed E-state index contributed by atoms with van der Waals surface area (Å²) in [7, 11) is 1.60. The molecule has 6 heteroatoms. The molecule has 120 valence electrons. The SMILES string of the molecule is COc1ccc(C(=O)NC(=S)Nc2cc(C)ccc2C)cc1I. The summed E-state index contributed by atoms with van der Waals surface area (Å²) < 4.78 is 6.05. The van der Waals surface area contributed by atoms with Crippen molar-refractivity contribution in [2.24, 2.45) is 0 Å². The molecule has 0 aliphatic heterocycles. The molecule has 0 fully saturated rings. The number of amides is 1. The zero-order chi connectivity index (χ0) is 17.0. The molecule has 0 unspecified atom stereocenters. The zero-order valence-corrected chi connectivity index (χ0v) is 16.0. The van der Waals surface area contributed by atoms with Crippen LogP contribution in [-0.2, 0) is 0 Å². The van der Waals surface area contributed by atoms with Gasteiger partial charge < -0.3 is 10.1 Å². The van der Waals surface area contributed by atoms with Gasteiger partial charge in [0.2, 0.25) is 0 Å². The first-order chi connectivity index (χ1) is 10.9. The number of ether oxygens (including phenoxy) is 1. The van der Waals surface area contributed by atoms with Gasteiger partial charge in [0.05, 0.1) is 10.7 Å². The molecule has 1 amide bonds.